The molecule has 54 valence electrons. The van der Waals surface area contributed by atoms with Crippen molar-refractivity contribution in [2.24, 2.45) is 0 Å². The Morgan fingerprint density at radius 3 is 3.11 bits per heavy atom. The minimum atomic E-state index is 0.364. The molecule has 0 saturated carbocycles. The monoisotopic (exact) mass is 202 g/mol. The summed E-state index contributed by atoms with van der Waals surface area (Å²) in [6.07, 6.45) is 0.364. The van der Waals surface area contributed by atoms with E-state index < -0.39 is 0 Å². The molecule has 1 fully saturated rings. The van der Waals surface area contributed by atoms with Crippen LogP contribution in [0.5, 0.6) is 0 Å². The van der Waals surface area contributed by atoms with Crippen LogP contribution in [0, 0.1) is 0 Å². The molecule has 0 aromatic heterocycles. The van der Waals surface area contributed by atoms with Gasteiger partial charge in [-0.05, 0) is 9.83 Å². The Morgan fingerprint density at radius 2 is 2.56 bits per heavy atom. The summed E-state index contributed by atoms with van der Waals surface area (Å²) in [7, 11) is 2.88. The van der Waals surface area contributed by atoms with Crippen LogP contribution in [0.3, 0.4) is 0 Å². The zero-order chi connectivity index (χ0) is 6.53. The van der Waals surface area contributed by atoms with Crippen LogP contribution in [0.15, 0.2) is 0 Å². The Balaban J connectivity index is 1.71. The third-order valence-corrected chi connectivity index (χ3v) is 4.44. The molecule has 0 aromatic carbocycles. The van der Waals surface area contributed by atoms with Gasteiger partial charge in [-0.3, -0.25) is 0 Å². The zero-order valence-electron chi connectivity index (χ0n) is 4.48. The first-order valence-electron chi connectivity index (χ1n) is 2.31. The molecular weight excluding hydrogens is 196 g/mol. The fraction of sp³-hybridized carbons (Fsp3) is 1.00. The van der Waals surface area contributed by atoms with Gasteiger partial charge in [-0.2, -0.15) is 0 Å². The van der Waals surface area contributed by atoms with Gasteiger partial charge in [-0.15, -0.1) is 0 Å². The molecular formula is C3H6O2S4. The highest BCUT2D eigenvalue weighted by atomic mass is 33.7. The van der Waals surface area contributed by atoms with Gasteiger partial charge < -0.3 is 8.92 Å². The van der Waals surface area contributed by atoms with Gasteiger partial charge in [0, 0.05) is 9.83 Å². The van der Waals surface area contributed by atoms with E-state index in [9.17, 15) is 0 Å². The second kappa shape index (κ2) is 5.03. The molecule has 9 heavy (non-hydrogen) atoms. The lowest BCUT2D eigenvalue weighted by Gasteiger charge is -1.93. The third kappa shape index (κ3) is 4.69. The largest absolute Gasteiger partial charge is 0.371 e. The van der Waals surface area contributed by atoms with Crippen molar-refractivity contribution in [3.8, 4) is 0 Å². The summed E-state index contributed by atoms with van der Waals surface area (Å²) in [5.41, 5.74) is 0. The van der Waals surface area contributed by atoms with Crippen molar-refractivity contribution in [1.29, 1.82) is 0 Å². The predicted molar refractivity (Wildman–Crippen MR) is 47.5 cm³/mol. The molecule has 0 amide bonds. The lowest BCUT2D eigenvalue weighted by molar-refractivity contribution is 0.299. The number of hydrogen-bond donors (Lipinski definition) is 1. The Hall–Kier alpha value is 1.32. The van der Waals surface area contributed by atoms with E-state index in [2.05, 4.69) is 11.7 Å². The van der Waals surface area contributed by atoms with Crippen LogP contribution < -0.4 is 0 Å². The maximum atomic E-state index is 5.08. The Bertz CT molecular complexity index is 76.2. The second-order valence-corrected chi connectivity index (χ2v) is 5.94. The summed E-state index contributed by atoms with van der Waals surface area (Å²) in [4.78, 5) is 0. The van der Waals surface area contributed by atoms with Gasteiger partial charge in [-0.1, -0.05) is 11.7 Å². The average Bonchev–Trinajstić information content (AvgIpc) is 2.63. The van der Waals surface area contributed by atoms with Crippen molar-refractivity contribution in [3.63, 3.8) is 0 Å². The Morgan fingerprint density at radius 1 is 1.78 bits per heavy atom. The van der Waals surface area contributed by atoms with E-state index >= 15 is 0 Å². The quantitative estimate of drug-likeness (QED) is 0.242. The van der Waals surface area contributed by atoms with Gasteiger partial charge in [0.2, 0.25) is 0 Å². The molecule has 2 nitrogen and oxygen atoms in total. The Kier molecular flexibility index (Phi) is 4.71. The molecule has 0 radical (unpaired) electrons. The van der Waals surface area contributed by atoms with Crippen molar-refractivity contribution in [2.75, 3.05) is 13.2 Å². The number of epoxide rings is 1. The third-order valence-electron chi connectivity index (χ3n) is 0.763. The van der Waals surface area contributed by atoms with Gasteiger partial charge in [0.1, 0.15) is 6.10 Å². The molecule has 1 rings (SSSR count). The second-order valence-electron chi connectivity index (χ2n) is 1.45. The van der Waals surface area contributed by atoms with E-state index in [-0.39, 0.29) is 0 Å². The maximum Gasteiger partial charge on any atom is 0.106 e. The molecule has 1 heterocycles. The first kappa shape index (κ1) is 8.42. The summed E-state index contributed by atoms with van der Waals surface area (Å²) >= 11 is 5.25. The number of rotatable bonds is 5. The van der Waals surface area contributed by atoms with Crippen LogP contribution in [0.1, 0.15) is 0 Å². The van der Waals surface area contributed by atoms with E-state index in [1.54, 1.807) is 0 Å². The van der Waals surface area contributed by atoms with Gasteiger partial charge in [0.25, 0.3) is 0 Å². The lowest BCUT2D eigenvalue weighted by Crippen LogP contribution is -1.92. The zero-order valence-corrected chi connectivity index (χ0v) is 7.82. The highest BCUT2D eigenvalue weighted by molar-refractivity contribution is 9.23. The summed E-state index contributed by atoms with van der Waals surface area (Å²) in [6.45, 7) is 1.56. The molecule has 1 aliphatic rings. The fourth-order valence-electron chi connectivity index (χ4n) is 0.300. The SMILES string of the molecule is SSSSOCC1CO1. The maximum absolute atomic E-state index is 5.08. The summed E-state index contributed by atoms with van der Waals surface area (Å²) < 4.78 is 10.00. The van der Waals surface area contributed by atoms with E-state index in [0.717, 1.165) is 6.61 Å². The van der Waals surface area contributed by atoms with Gasteiger partial charge in [0.15, 0.2) is 0 Å². The van der Waals surface area contributed by atoms with Crippen molar-refractivity contribution in [3.05, 3.63) is 0 Å². The average molecular weight is 202 g/mol. The molecule has 0 aromatic rings. The minimum Gasteiger partial charge on any atom is -0.371 e. The predicted octanol–water partition coefficient (Wildman–Crippen LogP) is 2.19. The van der Waals surface area contributed by atoms with Crippen molar-refractivity contribution < 1.29 is 8.92 Å². The molecule has 0 N–H and O–H groups in total. The first-order chi connectivity index (χ1) is 4.43. The van der Waals surface area contributed by atoms with Crippen molar-refractivity contribution in [1.82, 2.24) is 0 Å². The normalized spacial score (nSPS) is 24.3. The van der Waals surface area contributed by atoms with Gasteiger partial charge >= 0.3 is 0 Å². The molecule has 0 spiro atoms. The molecule has 1 unspecified atom stereocenters. The summed E-state index contributed by atoms with van der Waals surface area (Å²) in [5, 5.41) is 0. The number of thiol groups is 1. The Labute approximate surface area is 70.6 Å². The minimum absolute atomic E-state index is 0.364. The standard InChI is InChI=1S/C3H6O2S4/c6-8-9-7-5-2-3-1-4-3/h3,6H,1-2H2. The highest BCUT2D eigenvalue weighted by Crippen LogP contribution is 2.37. The van der Waals surface area contributed by atoms with Crippen molar-refractivity contribution >= 4 is 42.4 Å². The van der Waals surface area contributed by atoms with Crippen LogP contribution >= 0.6 is 42.4 Å². The van der Waals surface area contributed by atoms with Crippen LogP contribution in [0.4, 0.5) is 0 Å². The lowest BCUT2D eigenvalue weighted by atomic mass is 10.5. The van der Waals surface area contributed by atoms with Crippen molar-refractivity contribution in [2.45, 2.75) is 6.10 Å². The summed E-state index contributed by atoms with van der Waals surface area (Å²) in [6, 6.07) is 0. The van der Waals surface area contributed by atoms with E-state index in [1.165, 1.54) is 30.7 Å². The molecule has 6 heteroatoms. The van der Waals surface area contributed by atoms with Crippen LogP contribution in [-0.2, 0) is 8.92 Å². The molecule has 0 aliphatic carbocycles. The van der Waals surface area contributed by atoms with E-state index in [0.29, 0.717) is 12.7 Å². The van der Waals surface area contributed by atoms with Gasteiger partial charge in [-0.25, -0.2) is 0 Å². The van der Waals surface area contributed by atoms with E-state index in [1.807, 2.05) is 0 Å². The van der Waals surface area contributed by atoms with Crippen LogP contribution in [0.2, 0.25) is 0 Å². The molecule has 1 saturated heterocycles. The smallest absolute Gasteiger partial charge is 0.106 e. The fourth-order valence-corrected chi connectivity index (χ4v) is 2.18. The molecule has 0 bridgehead atoms. The van der Waals surface area contributed by atoms with Crippen LogP contribution in [-0.4, -0.2) is 19.3 Å². The number of hydrogen-bond acceptors (Lipinski definition) is 6. The van der Waals surface area contributed by atoms with Gasteiger partial charge in [0.05, 0.1) is 24.3 Å². The van der Waals surface area contributed by atoms with Crippen LogP contribution in [0.25, 0.3) is 0 Å². The summed E-state index contributed by atoms with van der Waals surface area (Å²) in [5.74, 6) is 0. The highest BCUT2D eigenvalue weighted by Gasteiger charge is 2.22. The van der Waals surface area contributed by atoms with E-state index in [4.69, 9.17) is 8.92 Å². The first-order valence-corrected chi connectivity index (χ1v) is 6.77. The molecule has 1 aliphatic heterocycles. The number of ether oxygens (including phenoxy) is 1. The topological polar surface area (TPSA) is 21.8 Å². The molecule has 1 atom stereocenters.